The zero-order chi connectivity index (χ0) is 19.2. The van der Waals surface area contributed by atoms with E-state index in [1.807, 2.05) is 24.3 Å². The van der Waals surface area contributed by atoms with E-state index >= 15 is 0 Å². The monoisotopic (exact) mass is 368 g/mol. The molecule has 2 N–H and O–H groups in total. The normalized spacial score (nSPS) is 21.0. The predicted molar refractivity (Wildman–Crippen MR) is 106 cm³/mol. The second-order valence-corrected chi connectivity index (χ2v) is 7.13. The number of carbonyl (C=O) groups is 1. The largest absolute Gasteiger partial charge is 0.479 e. The summed E-state index contributed by atoms with van der Waals surface area (Å²) < 4.78 is 10.3. The number of carbonyl (C=O) groups excluding carboxylic acids is 1. The van der Waals surface area contributed by atoms with Gasteiger partial charge in [-0.3, -0.25) is 4.90 Å². The summed E-state index contributed by atoms with van der Waals surface area (Å²) in [7, 11) is 1.36. The fourth-order valence-electron chi connectivity index (χ4n) is 3.76. The van der Waals surface area contributed by atoms with Gasteiger partial charge in [-0.15, -0.1) is 0 Å². The van der Waals surface area contributed by atoms with Crippen molar-refractivity contribution in [1.29, 1.82) is 0 Å². The highest BCUT2D eigenvalue weighted by molar-refractivity contribution is 5.74. The first-order valence-corrected chi connectivity index (χ1v) is 9.41. The van der Waals surface area contributed by atoms with Gasteiger partial charge in [-0.2, -0.15) is 0 Å². The summed E-state index contributed by atoms with van der Waals surface area (Å²) >= 11 is 0. The van der Waals surface area contributed by atoms with E-state index in [0.717, 1.165) is 19.6 Å². The van der Waals surface area contributed by atoms with Crippen LogP contribution in [0.2, 0.25) is 0 Å². The number of rotatable bonds is 7. The Kier molecular flexibility index (Phi) is 6.48. The van der Waals surface area contributed by atoms with Crippen molar-refractivity contribution in [3.63, 3.8) is 0 Å². The van der Waals surface area contributed by atoms with Gasteiger partial charge in [0.15, 0.2) is 6.10 Å². The number of ether oxygens (including phenoxy) is 2. The van der Waals surface area contributed by atoms with Crippen LogP contribution in [0.25, 0.3) is 0 Å². The first kappa shape index (κ1) is 19.4. The first-order chi connectivity index (χ1) is 13.1. The maximum Gasteiger partial charge on any atom is 0.346 e. The lowest BCUT2D eigenvalue weighted by Gasteiger charge is -2.17. The number of hydrogen-bond donors (Lipinski definition) is 1. The zero-order valence-corrected chi connectivity index (χ0v) is 16.0. The number of hydrogen-bond acceptors (Lipinski definition) is 5. The van der Waals surface area contributed by atoms with Crippen LogP contribution in [0.15, 0.2) is 54.6 Å². The molecule has 5 nitrogen and oxygen atoms in total. The summed E-state index contributed by atoms with van der Waals surface area (Å²) in [6.45, 7) is 5.29. The molecule has 1 heterocycles. The zero-order valence-electron chi connectivity index (χ0n) is 16.0. The third-order valence-electron chi connectivity index (χ3n) is 5.22. The van der Waals surface area contributed by atoms with E-state index in [2.05, 4.69) is 40.0 Å². The molecule has 5 heteroatoms. The highest BCUT2D eigenvalue weighted by atomic mass is 16.6. The minimum Gasteiger partial charge on any atom is -0.479 e. The molecular weight excluding hydrogens is 340 g/mol. The second kappa shape index (κ2) is 9.02. The standard InChI is InChI=1S/C22H28N2O3/c1-16(22(25)26-2)27-20-10-8-17(9-11-20)13-24-14-19(12-23)21(15-24)18-6-4-3-5-7-18/h3-11,16,19,21H,12-15,23H2,1-2H3/t16?,19-,21+/m1/s1. The molecule has 1 aliphatic heterocycles. The second-order valence-electron chi connectivity index (χ2n) is 7.13. The number of methoxy groups -OCH3 is 1. The molecule has 0 spiro atoms. The highest BCUT2D eigenvalue weighted by Gasteiger charge is 2.32. The topological polar surface area (TPSA) is 64.8 Å². The predicted octanol–water partition coefficient (Wildman–Crippen LogP) is 2.80. The van der Waals surface area contributed by atoms with Gasteiger partial charge in [0.25, 0.3) is 0 Å². The summed E-state index contributed by atoms with van der Waals surface area (Å²) in [5.74, 6) is 1.26. The molecule has 3 rings (SSSR count). The molecule has 2 aromatic rings. The van der Waals surface area contributed by atoms with Crippen LogP contribution < -0.4 is 10.5 Å². The van der Waals surface area contributed by atoms with Gasteiger partial charge >= 0.3 is 5.97 Å². The maximum absolute atomic E-state index is 11.5. The quantitative estimate of drug-likeness (QED) is 0.762. The Labute approximate surface area is 161 Å². The summed E-state index contributed by atoms with van der Waals surface area (Å²) in [6, 6.07) is 18.5. The number of nitrogens with two attached hydrogens (primary N) is 1. The Morgan fingerprint density at radius 2 is 1.85 bits per heavy atom. The summed E-state index contributed by atoms with van der Waals surface area (Å²) in [6.07, 6.45) is -0.614. The molecule has 1 saturated heterocycles. The Balaban J connectivity index is 1.60. The molecule has 0 aromatic heterocycles. The van der Waals surface area contributed by atoms with E-state index in [1.165, 1.54) is 18.2 Å². The van der Waals surface area contributed by atoms with E-state index in [0.29, 0.717) is 24.1 Å². The number of esters is 1. The molecule has 3 atom stereocenters. The van der Waals surface area contributed by atoms with Gasteiger partial charge in [0, 0.05) is 25.6 Å². The van der Waals surface area contributed by atoms with Crippen LogP contribution in [0.3, 0.4) is 0 Å². The van der Waals surface area contributed by atoms with E-state index < -0.39 is 6.10 Å². The number of benzene rings is 2. The van der Waals surface area contributed by atoms with E-state index in [1.54, 1.807) is 6.92 Å². The summed E-state index contributed by atoms with van der Waals surface area (Å²) in [5.41, 5.74) is 8.63. The first-order valence-electron chi connectivity index (χ1n) is 9.41. The minimum absolute atomic E-state index is 0.379. The number of nitrogens with zero attached hydrogens (tertiary/aromatic N) is 1. The van der Waals surface area contributed by atoms with Crippen LogP contribution in [0.4, 0.5) is 0 Å². The van der Waals surface area contributed by atoms with Gasteiger partial charge in [-0.1, -0.05) is 42.5 Å². The van der Waals surface area contributed by atoms with Gasteiger partial charge in [-0.25, -0.2) is 4.79 Å². The Morgan fingerprint density at radius 3 is 2.48 bits per heavy atom. The van der Waals surface area contributed by atoms with Crippen molar-refractivity contribution < 1.29 is 14.3 Å². The van der Waals surface area contributed by atoms with E-state index in [9.17, 15) is 4.79 Å². The molecule has 1 fully saturated rings. The minimum atomic E-state index is -0.614. The van der Waals surface area contributed by atoms with E-state index in [4.69, 9.17) is 10.5 Å². The third-order valence-corrected chi connectivity index (χ3v) is 5.22. The molecule has 27 heavy (non-hydrogen) atoms. The smallest absolute Gasteiger partial charge is 0.346 e. The average molecular weight is 368 g/mol. The molecule has 0 aliphatic carbocycles. The Morgan fingerprint density at radius 1 is 1.15 bits per heavy atom. The van der Waals surface area contributed by atoms with Crippen molar-refractivity contribution in [2.24, 2.45) is 11.7 Å². The Hall–Kier alpha value is -2.37. The van der Waals surface area contributed by atoms with Crippen LogP contribution in [0, 0.1) is 5.92 Å². The molecule has 0 radical (unpaired) electrons. The SMILES string of the molecule is COC(=O)C(C)Oc1ccc(CN2C[C@@H](CN)[C@H](c3ccccc3)C2)cc1. The van der Waals surface area contributed by atoms with Crippen molar-refractivity contribution in [3.05, 3.63) is 65.7 Å². The maximum atomic E-state index is 11.5. The fraction of sp³-hybridized carbons (Fsp3) is 0.409. The van der Waals surface area contributed by atoms with Crippen LogP contribution >= 0.6 is 0 Å². The lowest BCUT2D eigenvalue weighted by Crippen LogP contribution is -2.25. The van der Waals surface area contributed by atoms with Crippen molar-refractivity contribution >= 4 is 5.97 Å². The molecule has 2 aromatic carbocycles. The van der Waals surface area contributed by atoms with Crippen molar-refractivity contribution in [2.45, 2.75) is 25.5 Å². The van der Waals surface area contributed by atoms with Gasteiger partial charge in [0.05, 0.1) is 7.11 Å². The molecule has 1 aliphatic rings. The molecule has 144 valence electrons. The molecule has 1 unspecified atom stereocenters. The molecule has 0 bridgehead atoms. The van der Waals surface area contributed by atoms with Crippen molar-refractivity contribution in [3.8, 4) is 5.75 Å². The lowest BCUT2D eigenvalue weighted by atomic mass is 9.89. The summed E-state index contributed by atoms with van der Waals surface area (Å²) in [5, 5.41) is 0. The van der Waals surface area contributed by atoms with Crippen molar-refractivity contribution in [1.82, 2.24) is 4.90 Å². The van der Waals surface area contributed by atoms with Crippen LogP contribution in [-0.2, 0) is 16.1 Å². The van der Waals surface area contributed by atoms with Crippen LogP contribution in [0.5, 0.6) is 5.75 Å². The third kappa shape index (κ3) is 4.87. The van der Waals surface area contributed by atoms with Crippen molar-refractivity contribution in [2.75, 3.05) is 26.7 Å². The molecular formula is C22H28N2O3. The highest BCUT2D eigenvalue weighted by Crippen LogP contribution is 2.32. The lowest BCUT2D eigenvalue weighted by molar-refractivity contribution is -0.147. The van der Waals surface area contributed by atoms with Gasteiger partial charge in [-0.05, 0) is 42.6 Å². The van der Waals surface area contributed by atoms with Gasteiger partial charge < -0.3 is 15.2 Å². The summed E-state index contributed by atoms with van der Waals surface area (Å²) in [4.78, 5) is 13.9. The van der Waals surface area contributed by atoms with Crippen LogP contribution in [-0.4, -0.2) is 43.7 Å². The molecule has 0 amide bonds. The van der Waals surface area contributed by atoms with E-state index in [-0.39, 0.29) is 5.97 Å². The Bertz CT molecular complexity index is 733. The van der Waals surface area contributed by atoms with Gasteiger partial charge in [0.1, 0.15) is 5.75 Å². The van der Waals surface area contributed by atoms with Gasteiger partial charge in [0.2, 0.25) is 0 Å². The van der Waals surface area contributed by atoms with Crippen LogP contribution in [0.1, 0.15) is 24.0 Å². The average Bonchev–Trinajstić information content (AvgIpc) is 3.12. The number of likely N-dealkylation sites (tertiary alicyclic amines) is 1. The fourth-order valence-corrected chi connectivity index (χ4v) is 3.76. The molecule has 0 saturated carbocycles.